The van der Waals surface area contributed by atoms with Crippen LogP contribution in [0.5, 0.6) is 5.75 Å². The predicted molar refractivity (Wildman–Crippen MR) is 78.8 cm³/mol. The van der Waals surface area contributed by atoms with Crippen LogP contribution >= 0.6 is 0 Å². The maximum atomic E-state index is 9.68. The molecule has 1 aliphatic rings. The molecular weight excluding hydrogens is 252 g/mol. The van der Waals surface area contributed by atoms with E-state index in [2.05, 4.69) is 10.3 Å². The van der Waals surface area contributed by atoms with Crippen molar-refractivity contribution in [3.63, 3.8) is 0 Å². The predicted octanol–water partition coefficient (Wildman–Crippen LogP) is 1.97. The molecular formula is C16H20N2O2. The maximum absolute atomic E-state index is 9.68. The number of aliphatic hydroxyl groups excluding tert-OH is 1. The largest absolute Gasteiger partial charge is 0.491 e. The Morgan fingerprint density at radius 2 is 2.25 bits per heavy atom. The molecule has 0 saturated heterocycles. The van der Waals surface area contributed by atoms with Crippen molar-refractivity contribution < 1.29 is 9.84 Å². The molecule has 0 radical (unpaired) electrons. The van der Waals surface area contributed by atoms with Crippen LogP contribution in [0, 0.1) is 5.92 Å². The molecule has 3 rings (SSSR count). The summed E-state index contributed by atoms with van der Waals surface area (Å²) in [6.07, 6.45) is 4.09. The summed E-state index contributed by atoms with van der Waals surface area (Å²) in [5.41, 5.74) is 0.606. The summed E-state index contributed by atoms with van der Waals surface area (Å²) in [5.74, 6) is 1.31. The SMILES string of the molecule is CNC(CO)(COc1ccc2cccnc2c1)C1CC1. The molecule has 106 valence electrons. The van der Waals surface area contributed by atoms with Gasteiger partial charge >= 0.3 is 0 Å². The number of pyridine rings is 1. The van der Waals surface area contributed by atoms with Gasteiger partial charge in [-0.1, -0.05) is 6.07 Å². The molecule has 0 spiro atoms. The number of benzene rings is 1. The molecule has 1 unspecified atom stereocenters. The van der Waals surface area contributed by atoms with Crippen LogP contribution in [0.2, 0.25) is 0 Å². The van der Waals surface area contributed by atoms with E-state index in [1.807, 2.05) is 37.4 Å². The Bertz CT molecular complexity index is 592. The third-order valence-electron chi connectivity index (χ3n) is 4.21. The van der Waals surface area contributed by atoms with Crippen LogP contribution in [0.4, 0.5) is 0 Å². The monoisotopic (exact) mass is 272 g/mol. The lowest BCUT2D eigenvalue weighted by atomic mass is 9.95. The van der Waals surface area contributed by atoms with E-state index >= 15 is 0 Å². The summed E-state index contributed by atoms with van der Waals surface area (Å²) in [6, 6.07) is 9.86. The Morgan fingerprint density at radius 3 is 2.95 bits per heavy atom. The highest BCUT2D eigenvalue weighted by Gasteiger charge is 2.44. The minimum absolute atomic E-state index is 0.0972. The summed E-state index contributed by atoms with van der Waals surface area (Å²) in [4.78, 5) is 4.33. The van der Waals surface area contributed by atoms with Crippen LogP contribution in [-0.4, -0.2) is 35.9 Å². The first kappa shape index (κ1) is 13.3. The third kappa shape index (κ3) is 2.49. The van der Waals surface area contributed by atoms with Crippen molar-refractivity contribution in [3.05, 3.63) is 36.5 Å². The van der Waals surface area contributed by atoms with Crippen molar-refractivity contribution in [2.45, 2.75) is 18.4 Å². The second-order valence-corrected chi connectivity index (χ2v) is 5.49. The summed E-state index contributed by atoms with van der Waals surface area (Å²) < 4.78 is 5.90. The first-order chi connectivity index (χ1) is 9.77. The Hall–Kier alpha value is -1.65. The lowest BCUT2D eigenvalue weighted by Crippen LogP contribution is -2.53. The van der Waals surface area contributed by atoms with Crippen molar-refractivity contribution in [1.82, 2.24) is 10.3 Å². The summed E-state index contributed by atoms with van der Waals surface area (Å²) in [6.45, 7) is 0.572. The molecule has 1 heterocycles. The molecule has 2 aromatic rings. The molecule has 1 atom stereocenters. The molecule has 20 heavy (non-hydrogen) atoms. The summed E-state index contributed by atoms with van der Waals surface area (Å²) in [7, 11) is 1.89. The highest BCUT2D eigenvalue weighted by molar-refractivity contribution is 5.79. The van der Waals surface area contributed by atoms with Crippen LogP contribution in [-0.2, 0) is 0 Å². The van der Waals surface area contributed by atoms with E-state index in [9.17, 15) is 5.11 Å². The first-order valence-corrected chi connectivity index (χ1v) is 7.05. The Kier molecular flexibility index (Phi) is 3.59. The number of rotatable bonds is 6. The molecule has 1 saturated carbocycles. The molecule has 1 aromatic heterocycles. The van der Waals surface area contributed by atoms with Gasteiger partial charge in [0, 0.05) is 17.6 Å². The normalized spacial score (nSPS) is 17.9. The summed E-state index contributed by atoms with van der Waals surface area (Å²) in [5, 5.41) is 14.0. The van der Waals surface area contributed by atoms with E-state index < -0.39 is 0 Å². The van der Waals surface area contributed by atoms with Gasteiger partial charge in [0.1, 0.15) is 12.4 Å². The molecule has 0 bridgehead atoms. The number of ether oxygens (including phenoxy) is 1. The van der Waals surface area contributed by atoms with Crippen LogP contribution in [0.15, 0.2) is 36.5 Å². The molecule has 4 nitrogen and oxygen atoms in total. The summed E-state index contributed by atoms with van der Waals surface area (Å²) >= 11 is 0. The van der Waals surface area contributed by atoms with Gasteiger partial charge in [-0.05, 0) is 44.0 Å². The highest BCUT2D eigenvalue weighted by Crippen LogP contribution is 2.39. The Labute approximate surface area is 118 Å². The van der Waals surface area contributed by atoms with E-state index in [-0.39, 0.29) is 12.1 Å². The van der Waals surface area contributed by atoms with Crippen molar-refractivity contribution in [2.24, 2.45) is 5.92 Å². The second-order valence-electron chi connectivity index (χ2n) is 5.49. The topological polar surface area (TPSA) is 54.4 Å². The first-order valence-electron chi connectivity index (χ1n) is 7.05. The maximum Gasteiger partial charge on any atom is 0.121 e. The zero-order valence-electron chi connectivity index (χ0n) is 11.7. The van der Waals surface area contributed by atoms with Crippen molar-refractivity contribution in [2.75, 3.05) is 20.3 Å². The standard InChI is InChI=1S/C16H20N2O2/c1-17-16(10-19,13-5-6-13)11-20-14-7-4-12-3-2-8-18-15(12)9-14/h2-4,7-9,13,17,19H,5-6,10-11H2,1H3. The number of fused-ring (bicyclic) bond motifs is 1. The van der Waals surface area contributed by atoms with Gasteiger partial charge in [0.2, 0.25) is 0 Å². The van der Waals surface area contributed by atoms with Crippen molar-refractivity contribution in [3.8, 4) is 5.75 Å². The second kappa shape index (κ2) is 5.38. The lowest BCUT2D eigenvalue weighted by Gasteiger charge is -2.31. The molecule has 1 fully saturated rings. The van der Waals surface area contributed by atoms with Gasteiger partial charge < -0.3 is 15.2 Å². The number of nitrogens with one attached hydrogen (secondary N) is 1. The number of aliphatic hydroxyl groups is 1. The Balaban J connectivity index is 1.75. The molecule has 2 N–H and O–H groups in total. The van der Waals surface area contributed by atoms with Crippen LogP contribution in [0.3, 0.4) is 0 Å². The van der Waals surface area contributed by atoms with Crippen molar-refractivity contribution >= 4 is 10.9 Å². The number of aromatic nitrogens is 1. The van der Waals surface area contributed by atoms with E-state index in [1.54, 1.807) is 6.20 Å². The van der Waals surface area contributed by atoms with Gasteiger partial charge in [-0.3, -0.25) is 4.98 Å². The van der Waals surface area contributed by atoms with Gasteiger partial charge in [-0.25, -0.2) is 0 Å². The minimum atomic E-state index is -0.320. The van der Waals surface area contributed by atoms with E-state index in [0.29, 0.717) is 12.5 Å². The van der Waals surface area contributed by atoms with E-state index in [0.717, 1.165) is 29.5 Å². The van der Waals surface area contributed by atoms with E-state index in [4.69, 9.17) is 4.74 Å². The fraction of sp³-hybridized carbons (Fsp3) is 0.438. The molecule has 0 aliphatic heterocycles. The average molecular weight is 272 g/mol. The minimum Gasteiger partial charge on any atom is -0.491 e. The third-order valence-corrected chi connectivity index (χ3v) is 4.21. The highest BCUT2D eigenvalue weighted by atomic mass is 16.5. The van der Waals surface area contributed by atoms with E-state index in [1.165, 1.54) is 0 Å². The molecule has 1 aromatic carbocycles. The van der Waals surface area contributed by atoms with Crippen LogP contribution < -0.4 is 10.1 Å². The molecule has 4 heteroatoms. The lowest BCUT2D eigenvalue weighted by molar-refractivity contribution is 0.0915. The van der Waals surface area contributed by atoms with Crippen molar-refractivity contribution in [1.29, 1.82) is 0 Å². The van der Waals surface area contributed by atoms with Gasteiger partial charge in [-0.15, -0.1) is 0 Å². The van der Waals surface area contributed by atoms with Gasteiger partial charge in [0.05, 0.1) is 17.7 Å². The zero-order valence-corrected chi connectivity index (χ0v) is 11.7. The van der Waals surface area contributed by atoms with Gasteiger partial charge in [0.15, 0.2) is 0 Å². The molecule has 0 amide bonds. The smallest absolute Gasteiger partial charge is 0.121 e. The average Bonchev–Trinajstić information content (AvgIpc) is 3.34. The zero-order chi connectivity index (χ0) is 14.0. The molecule has 1 aliphatic carbocycles. The Morgan fingerprint density at radius 1 is 1.40 bits per heavy atom. The number of nitrogens with zero attached hydrogens (tertiary/aromatic N) is 1. The van der Waals surface area contributed by atoms with Gasteiger partial charge in [-0.2, -0.15) is 0 Å². The van der Waals surface area contributed by atoms with Crippen LogP contribution in [0.25, 0.3) is 10.9 Å². The quantitative estimate of drug-likeness (QED) is 0.844. The fourth-order valence-corrected chi connectivity index (χ4v) is 2.63. The fourth-order valence-electron chi connectivity index (χ4n) is 2.63. The van der Waals surface area contributed by atoms with Gasteiger partial charge in [0.25, 0.3) is 0 Å². The number of hydrogen-bond acceptors (Lipinski definition) is 4. The number of hydrogen-bond donors (Lipinski definition) is 2. The number of likely N-dealkylation sites (N-methyl/N-ethyl adjacent to an activating group) is 1. The van der Waals surface area contributed by atoms with Crippen LogP contribution in [0.1, 0.15) is 12.8 Å².